The second-order valence-corrected chi connectivity index (χ2v) is 9.50. The van der Waals surface area contributed by atoms with Gasteiger partial charge in [-0.2, -0.15) is 0 Å². The first-order valence-corrected chi connectivity index (χ1v) is 12.3. The summed E-state index contributed by atoms with van der Waals surface area (Å²) in [6.45, 7) is 1.58. The number of morpholine rings is 1. The smallest absolute Gasteiger partial charge is 0.294 e. The van der Waals surface area contributed by atoms with Gasteiger partial charge in [-0.05, 0) is 36.0 Å². The van der Waals surface area contributed by atoms with Gasteiger partial charge in [-0.3, -0.25) is 19.3 Å². The molecule has 2 aromatic rings. The molecule has 4 rings (SSSR count). The summed E-state index contributed by atoms with van der Waals surface area (Å²) in [6, 6.07) is 10.3. The molecule has 8 nitrogen and oxygen atoms in total. The Morgan fingerprint density at radius 1 is 1.17 bits per heavy atom. The SMILES string of the molecule is COc1cccc(/C=C2/SC(=O)N(CC(=O)N3CCOCC3)C2=O)c1OCc1ccc(Cl)cc1Cl. The predicted molar refractivity (Wildman–Crippen MR) is 134 cm³/mol. The fourth-order valence-electron chi connectivity index (χ4n) is 3.58. The standard InChI is InChI=1S/C24H22Cl2N2O6S/c1-32-19-4-2-3-15(22(19)34-14-16-5-6-17(25)12-18(16)26)11-20-23(30)28(24(31)35-20)13-21(29)27-7-9-33-10-8-27/h2-6,11-12H,7-10,13-14H2,1H3/b20-11+. The number of amides is 3. The Hall–Kier alpha value is -2.72. The third-order valence-electron chi connectivity index (χ3n) is 5.43. The van der Waals surface area contributed by atoms with Crippen molar-refractivity contribution in [2.75, 3.05) is 40.0 Å². The number of hydrogen-bond donors (Lipinski definition) is 0. The predicted octanol–water partition coefficient (Wildman–Crippen LogP) is 4.48. The highest BCUT2D eigenvalue weighted by atomic mass is 35.5. The lowest BCUT2D eigenvalue weighted by Crippen LogP contribution is -2.46. The molecule has 0 aliphatic carbocycles. The summed E-state index contributed by atoms with van der Waals surface area (Å²) >= 11 is 13.0. The highest BCUT2D eigenvalue weighted by Crippen LogP contribution is 2.38. The number of methoxy groups -OCH3 is 1. The normalized spacial score (nSPS) is 17.3. The molecule has 0 saturated carbocycles. The number of rotatable bonds is 7. The Labute approximate surface area is 216 Å². The van der Waals surface area contributed by atoms with E-state index in [-0.39, 0.29) is 24.0 Å². The molecule has 0 bridgehead atoms. The number of thioether (sulfide) groups is 1. The molecule has 2 aliphatic heterocycles. The Morgan fingerprint density at radius 2 is 1.94 bits per heavy atom. The quantitative estimate of drug-likeness (QED) is 0.482. The van der Waals surface area contributed by atoms with Crippen LogP contribution in [0.25, 0.3) is 6.08 Å². The van der Waals surface area contributed by atoms with E-state index in [1.807, 2.05) is 0 Å². The Morgan fingerprint density at radius 3 is 2.66 bits per heavy atom. The van der Waals surface area contributed by atoms with Crippen molar-refractivity contribution in [3.8, 4) is 11.5 Å². The molecule has 2 fully saturated rings. The number of para-hydroxylation sites is 1. The maximum Gasteiger partial charge on any atom is 0.294 e. The minimum absolute atomic E-state index is 0.132. The van der Waals surface area contributed by atoms with Gasteiger partial charge >= 0.3 is 0 Å². The summed E-state index contributed by atoms with van der Waals surface area (Å²) in [5.74, 6) is 0.0148. The highest BCUT2D eigenvalue weighted by Gasteiger charge is 2.37. The van der Waals surface area contributed by atoms with Gasteiger partial charge in [0.25, 0.3) is 11.1 Å². The summed E-state index contributed by atoms with van der Waals surface area (Å²) in [7, 11) is 1.51. The van der Waals surface area contributed by atoms with E-state index >= 15 is 0 Å². The second-order valence-electron chi connectivity index (χ2n) is 7.66. The van der Waals surface area contributed by atoms with Crippen molar-refractivity contribution in [2.45, 2.75) is 6.61 Å². The molecule has 2 aromatic carbocycles. The van der Waals surface area contributed by atoms with Crippen LogP contribution in [-0.4, -0.2) is 66.8 Å². The number of nitrogens with zero attached hydrogens (tertiary/aromatic N) is 2. The maximum atomic E-state index is 13.0. The second kappa shape index (κ2) is 11.3. The third kappa shape index (κ3) is 5.92. The lowest BCUT2D eigenvalue weighted by atomic mass is 10.1. The van der Waals surface area contributed by atoms with Crippen molar-refractivity contribution >= 4 is 58.1 Å². The van der Waals surface area contributed by atoms with Gasteiger partial charge in [0, 0.05) is 34.3 Å². The van der Waals surface area contributed by atoms with Crippen LogP contribution in [-0.2, 0) is 20.9 Å². The van der Waals surface area contributed by atoms with Gasteiger partial charge in [0.2, 0.25) is 5.91 Å². The van der Waals surface area contributed by atoms with E-state index in [1.54, 1.807) is 47.4 Å². The van der Waals surface area contributed by atoms with E-state index in [4.69, 9.17) is 37.4 Å². The first kappa shape index (κ1) is 25.4. The van der Waals surface area contributed by atoms with Gasteiger partial charge in [0.05, 0.1) is 25.2 Å². The van der Waals surface area contributed by atoms with Gasteiger partial charge in [0.1, 0.15) is 13.2 Å². The molecule has 11 heteroatoms. The molecular weight excluding hydrogens is 515 g/mol. The van der Waals surface area contributed by atoms with Crippen LogP contribution in [0.4, 0.5) is 4.79 Å². The van der Waals surface area contributed by atoms with E-state index in [1.165, 1.54) is 7.11 Å². The van der Waals surface area contributed by atoms with Crippen LogP contribution in [0.15, 0.2) is 41.3 Å². The minimum Gasteiger partial charge on any atom is -0.493 e. The lowest BCUT2D eigenvalue weighted by Gasteiger charge is -2.28. The largest absolute Gasteiger partial charge is 0.493 e. The van der Waals surface area contributed by atoms with Crippen LogP contribution >= 0.6 is 35.0 Å². The van der Waals surface area contributed by atoms with Crippen molar-refractivity contribution in [3.05, 3.63) is 62.5 Å². The third-order valence-corrected chi connectivity index (χ3v) is 6.93. The maximum absolute atomic E-state index is 13.0. The molecule has 2 heterocycles. The van der Waals surface area contributed by atoms with Crippen molar-refractivity contribution in [1.82, 2.24) is 9.80 Å². The van der Waals surface area contributed by atoms with Crippen molar-refractivity contribution < 1.29 is 28.6 Å². The van der Waals surface area contributed by atoms with E-state index in [0.717, 1.165) is 22.2 Å². The summed E-state index contributed by atoms with van der Waals surface area (Å²) in [5.41, 5.74) is 1.26. The Bertz CT molecular complexity index is 1180. The number of benzene rings is 2. The van der Waals surface area contributed by atoms with Crippen LogP contribution in [0.3, 0.4) is 0 Å². The molecule has 2 aliphatic rings. The number of carbonyl (C=O) groups is 3. The van der Waals surface area contributed by atoms with Gasteiger partial charge in [-0.1, -0.05) is 41.4 Å². The minimum atomic E-state index is -0.531. The molecule has 0 aromatic heterocycles. The zero-order valence-electron chi connectivity index (χ0n) is 18.8. The summed E-state index contributed by atoms with van der Waals surface area (Å²) < 4.78 is 16.7. The fraction of sp³-hybridized carbons (Fsp3) is 0.292. The van der Waals surface area contributed by atoms with Gasteiger partial charge < -0.3 is 19.1 Å². The molecule has 184 valence electrons. The fourth-order valence-corrected chi connectivity index (χ4v) is 4.87. The van der Waals surface area contributed by atoms with Gasteiger partial charge in [-0.25, -0.2) is 0 Å². The Kier molecular flexibility index (Phi) is 8.22. The van der Waals surface area contributed by atoms with E-state index in [9.17, 15) is 14.4 Å². The van der Waals surface area contributed by atoms with Crippen LogP contribution < -0.4 is 9.47 Å². The van der Waals surface area contributed by atoms with Crippen molar-refractivity contribution in [3.63, 3.8) is 0 Å². The number of imide groups is 1. The topological polar surface area (TPSA) is 85.4 Å². The highest BCUT2D eigenvalue weighted by molar-refractivity contribution is 8.18. The zero-order chi connectivity index (χ0) is 24.9. The van der Waals surface area contributed by atoms with Crippen molar-refractivity contribution in [1.29, 1.82) is 0 Å². The molecule has 0 atom stereocenters. The van der Waals surface area contributed by atoms with Crippen LogP contribution in [0.5, 0.6) is 11.5 Å². The average molecular weight is 537 g/mol. The summed E-state index contributed by atoms with van der Waals surface area (Å²) in [6.07, 6.45) is 1.56. The van der Waals surface area contributed by atoms with E-state index in [2.05, 4.69) is 0 Å². The molecule has 0 unspecified atom stereocenters. The lowest BCUT2D eigenvalue weighted by molar-refractivity contribution is -0.139. The molecule has 35 heavy (non-hydrogen) atoms. The number of carbonyl (C=O) groups excluding carboxylic acids is 3. The zero-order valence-corrected chi connectivity index (χ0v) is 21.1. The van der Waals surface area contributed by atoms with E-state index < -0.39 is 11.1 Å². The molecular formula is C24H22Cl2N2O6S. The summed E-state index contributed by atoms with van der Waals surface area (Å²) in [5, 5.41) is 0.473. The molecule has 2 saturated heterocycles. The first-order chi connectivity index (χ1) is 16.9. The van der Waals surface area contributed by atoms with E-state index in [0.29, 0.717) is 53.4 Å². The molecule has 3 amide bonds. The van der Waals surface area contributed by atoms with Gasteiger partial charge in [-0.15, -0.1) is 0 Å². The average Bonchev–Trinajstić information content (AvgIpc) is 3.11. The molecule has 0 spiro atoms. The van der Waals surface area contributed by atoms with Crippen molar-refractivity contribution in [2.24, 2.45) is 0 Å². The first-order valence-electron chi connectivity index (χ1n) is 10.7. The van der Waals surface area contributed by atoms with Crippen LogP contribution in [0.2, 0.25) is 10.0 Å². The van der Waals surface area contributed by atoms with Crippen LogP contribution in [0.1, 0.15) is 11.1 Å². The molecule has 0 radical (unpaired) electrons. The van der Waals surface area contributed by atoms with Crippen LogP contribution in [0, 0.1) is 0 Å². The monoisotopic (exact) mass is 536 g/mol. The number of hydrogen-bond acceptors (Lipinski definition) is 7. The van der Waals surface area contributed by atoms with Gasteiger partial charge in [0.15, 0.2) is 11.5 Å². The Balaban J connectivity index is 1.54. The number of halogens is 2. The number of ether oxygens (including phenoxy) is 3. The molecule has 0 N–H and O–H groups in total. The summed E-state index contributed by atoms with van der Waals surface area (Å²) in [4.78, 5) is 40.8.